The summed E-state index contributed by atoms with van der Waals surface area (Å²) in [5.41, 5.74) is 6.65. The van der Waals surface area contributed by atoms with Crippen molar-refractivity contribution in [1.29, 1.82) is 0 Å². The summed E-state index contributed by atoms with van der Waals surface area (Å²) in [6.07, 6.45) is 1.60. The largest absolute Gasteiger partial charge is 0.398 e. The van der Waals surface area contributed by atoms with Crippen LogP contribution >= 0.6 is 11.3 Å². The second-order valence-corrected chi connectivity index (χ2v) is 7.65. The smallest absolute Gasteiger partial charge is 0.245 e. The van der Waals surface area contributed by atoms with Gasteiger partial charge in [-0.05, 0) is 53.4 Å². The molecule has 1 fully saturated rings. The molecule has 0 aliphatic carbocycles. The van der Waals surface area contributed by atoms with Crippen LogP contribution in [0.25, 0.3) is 0 Å². The van der Waals surface area contributed by atoms with E-state index >= 15 is 0 Å². The third kappa shape index (κ3) is 2.56. The zero-order chi connectivity index (χ0) is 15.0. The number of halogens is 1. The quantitative estimate of drug-likeness (QED) is 0.882. The highest BCUT2D eigenvalue weighted by atomic mass is 32.2. The van der Waals surface area contributed by atoms with E-state index in [2.05, 4.69) is 0 Å². The van der Waals surface area contributed by atoms with Crippen molar-refractivity contribution in [2.45, 2.75) is 23.8 Å². The number of hydrogen-bond acceptors (Lipinski definition) is 4. The minimum atomic E-state index is -3.72. The Balaban J connectivity index is 2.01. The molecule has 1 aliphatic heterocycles. The van der Waals surface area contributed by atoms with Gasteiger partial charge in [-0.3, -0.25) is 0 Å². The van der Waals surface area contributed by atoms with E-state index in [0.717, 1.165) is 30.5 Å². The number of hydrogen-bond donors (Lipinski definition) is 1. The summed E-state index contributed by atoms with van der Waals surface area (Å²) in [6.45, 7) is 0.458. The van der Waals surface area contributed by atoms with Crippen molar-refractivity contribution >= 4 is 27.0 Å². The fourth-order valence-corrected chi connectivity index (χ4v) is 5.19. The fourth-order valence-electron chi connectivity index (χ4n) is 2.71. The molecule has 7 heteroatoms. The molecular formula is C14H15FN2O2S2. The lowest BCUT2D eigenvalue weighted by Gasteiger charge is -2.24. The SMILES string of the molecule is Nc1cc(F)ccc1S(=O)(=O)N1CCCC1c1ccsc1. The Hall–Kier alpha value is -1.44. The molecule has 3 rings (SSSR count). The average molecular weight is 326 g/mol. The lowest BCUT2D eigenvalue weighted by atomic mass is 10.1. The van der Waals surface area contributed by atoms with E-state index in [1.54, 1.807) is 11.3 Å². The van der Waals surface area contributed by atoms with E-state index in [1.165, 1.54) is 10.4 Å². The van der Waals surface area contributed by atoms with Gasteiger partial charge in [0, 0.05) is 6.54 Å². The van der Waals surface area contributed by atoms with Gasteiger partial charge in [0.05, 0.1) is 11.7 Å². The van der Waals surface area contributed by atoms with Crippen molar-refractivity contribution < 1.29 is 12.8 Å². The second-order valence-electron chi connectivity index (χ2n) is 5.01. The van der Waals surface area contributed by atoms with Gasteiger partial charge < -0.3 is 5.73 Å². The first-order valence-corrected chi connectivity index (χ1v) is 8.97. The molecule has 1 saturated heterocycles. The third-order valence-corrected chi connectivity index (χ3v) is 6.37. The van der Waals surface area contributed by atoms with Crippen LogP contribution < -0.4 is 5.73 Å². The molecule has 0 spiro atoms. The highest BCUT2D eigenvalue weighted by Crippen LogP contribution is 2.38. The van der Waals surface area contributed by atoms with E-state index in [1.807, 2.05) is 16.8 Å². The fraction of sp³-hybridized carbons (Fsp3) is 0.286. The summed E-state index contributed by atoms with van der Waals surface area (Å²) >= 11 is 1.54. The van der Waals surface area contributed by atoms with Crippen molar-refractivity contribution in [2.24, 2.45) is 0 Å². The first-order chi connectivity index (χ1) is 10.00. The molecule has 112 valence electrons. The highest BCUT2D eigenvalue weighted by molar-refractivity contribution is 7.89. The van der Waals surface area contributed by atoms with Gasteiger partial charge in [0.25, 0.3) is 0 Å². The topological polar surface area (TPSA) is 63.4 Å². The van der Waals surface area contributed by atoms with E-state index < -0.39 is 15.8 Å². The van der Waals surface area contributed by atoms with E-state index in [-0.39, 0.29) is 16.6 Å². The van der Waals surface area contributed by atoms with Crippen molar-refractivity contribution in [3.63, 3.8) is 0 Å². The summed E-state index contributed by atoms with van der Waals surface area (Å²) < 4.78 is 40.2. The minimum Gasteiger partial charge on any atom is -0.398 e. The molecule has 1 unspecified atom stereocenters. The summed E-state index contributed by atoms with van der Waals surface area (Å²) in [5, 5.41) is 3.90. The van der Waals surface area contributed by atoms with E-state index in [9.17, 15) is 12.8 Å². The number of sulfonamides is 1. The van der Waals surface area contributed by atoms with Crippen LogP contribution in [0.5, 0.6) is 0 Å². The molecule has 1 aromatic carbocycles. The zero-order valence-corrected chi connectivity index (χ0v) is 12.8. The summed E-state index contributed by atoms with van der Waals surface area (Å²) in [5.74, 6) is -0.540. The molecule has 2 N–H and O–H groups in total. The minimum absolute atomic E-state index is 0.0222. The number of rotatable bonds is 3. The Labute approximate surface area is 127 Å². The number of nitrogens with zero attached hydrogens (tertiary/aromatic N) is 1. The first kappa shape index (κ1) is 14.5. The molecule has 0 bridgehead atoms. The summed E-state index contributed by atoms with van der Waals surface area (Å²) in [7, 11) is -3.72. The van der Waals surface area contributed by atoms with Gasteiger partial charge in [-0.2, -0.15) is 15.6 Å². The Bertz CT molecular complexity index is 744. The maximum atomic E-state index is 13.1. The molecule has 21 heavy (non-hydrogen) atoms. The van der Waals surface area contributed by atoms with Crippen molar-refractivity contribution in [3.05, 3.63) is 46.4 Å². The molecule has 0 amide bonds. The van der Waals surface area contributed by atoms with Gasteiger partial charge in [-0.25, -0.2) is 12.8 Å². The van der Waals surface area contributed by atoms with E-state index in [0.29, 0.717) is 6.54 Å². The predicted molar refractivity (Wildman–Crippen MR) is 81.0 cm³/mol. The summed E-state index contributed by atoms with van der Waals surface area (Å²) in [6, 6.07) is 5.19. The average Bonchev–Trinajstić information content (AvgIpc) is 3.09. The van der Waals surface area contributed by atoms with Crippen LogP contribution in [0.1, 0.15) is 24.4 Å². The van der Waals surface area contributed by atoms with Crippen LogP contribution in [0.3, 0.4) is 0 Å². The molecule has 1 aliphatic rings. The van der Waals surface area contributed by atoms with Crippen LogP contribution in [-0.2, 0) is 10.0 Å². The maximum Gasteiger partial charge on any atom is 0.245 e. The van der Waals surface area contributed by atoms with E-state index in [4.69, 9.17) is 5.73 Å². The van der Waals surface area contributed by atoms with Crippen LogP contribution in [0, 0.1) is 5.82 Å². The Morgan fingerprint density at radius 3 is 2.81 bits per heavy atom. The van der Waals surface area contributed by atoms with Gasteiger partial charge in [0.15, 0.2) is 0 Å². The number of benzene rings is 1. The monoisotopic (exact) mass is 326 g/mol. The third-order valence-electron chi connectivity index (χ3n) is 3.69. The van der Waals surface area contributed by atoms with Crippen LogP contribution in [0.4, 0.5) is 10.1 Å². The molecule has 1 atom stereocenters. The van der Waals surface area contributed by atoms with Gasteiger partial charge in [-0.1, -0.05) is 0 Å². The number of anilines is 1. The van der Waals surface area contributed by atoms with Crippen LogP contribution in [0.15, 0.2) is 39.9 Å². The number of thiophene rings is 1. The highest BCUT2D eigenvalue weighted by Gasteiger charge is 2.37. The number of nitrogens with two attached hydrogens (primary N) is 1. The Kier molecular flexibility index (Phi) is 3.73. The molecule has 1 aromatic heterocycles. The Morgan fingerprint density at radius 2 is 2.14 bits per heavy atom. The van der Waals surface area contributed by atoms with Gasteiger partial charge in [0.2, 0.25) is 10.0 Å². The second kappa shape index (κ2) is 5.40. The maximum absolute atomic E-state index is 13.1. The lowest BCUT2D eigenvalue weighted by Crippen LogP contribution is -2.31. The van der Waals surface area contributed by atoms with Crippen LogP contribution in [0.2, 0.25) is 0 Å². The standard InChI is InChI=1S/C14H15FN2O2S2/c15-11-3-4-14(12(16)8-11)21(18,19)17-6-1-2-13(17)10-5-7-20-9-10/h3-5,7-9,13H,1-2,6,16H2. The van der Waals surface area contributed by atoms with Gasteiger partial charge >= 0.3 is 0 Å². The molecule has 4 nitrogen and oxygen atoms in total. The van der Waals surface area contributed by atoms with Crippen molar-refractivity contribution in [2.75, 3.05) is 12.3 Å². The normalized spacial score (nSPS) is 20.0. The molecule has 2 aromatic rings. The van der Waals surface area contributed by atoms with Gasteiger partial charge in [0.1, 0.15) is 10.7 Å². The van der Waals surface area contributed by atoms with Crippen molar-refractivity contribution in [1.82, 2.24) is 4.31 Å². The number of nitrogen functional groups attached to an aromatic ring is 1. The summed E-state index contributed by atoms with van der Waals surface area (Å²) in [4.78, 5) is -0.0222. The van der Waals surface area contributed by atoms with Gasteiger partial charge in [-0.15, -0.1) is 0 Å². The van der Waals surface area contributed by atoms with Crippen molar-refractivity contribution in [3.8, 4) is 0 Å². The molecule has 0 saturated carbocycles. The predicted octanol–water partition coefficient (Wildman–Crippen LogP) is 3.00. The van der Waals surface area contributed by atoms with Crippen LogP contribution in [-0.4, -0.2) is 19.3 Å². The molecule has 2 heterocycles. The zero-order valence-electron chi connectivity index (χ0n) is 11.2. The first-order valence-electron chi connectivity index (χ1n) is 6.59. The Morgan fingerprint density at radius 1 is 1.33 bits per heavy atom. The molecule has 0 radical (unpaired) electrons. The molecular weight excluding hydrogens is 311 g/mol. The lowest BCUT2D eigenvalue weighted by molar-refractivity contribution is 0.397.